The quantitative estimate of drug-likeness (QED) is 0.283. The molecule has 0 saturated heterocycles. The van der Waals surface area contributed by atoms with Gasteiger partial charge in [-0.1, -0.05) is 67.6 Å². The zero-order chi connectivity index (χ0) is 25.9. The number of carbonyl (C=O) groups excluding carboxylic acids is 1. The van der Waals surface area contributed by atoms with Crippen molar-refractivity contribution in [3.63, 3.8) is 0 Å². The third-order valence-electron chi connectivity index (χ3n) is 6.73. The molecule has 5 rings (SSSR count). The second-order valence-electron chi connectivity index (χ2n) is 9.30. The van der Waals surface area contributed by atoms with Gasteiger partial charge in [0.1, 0.15) is 17.8 Å². The van der Waals surface area contributed by atoms with Crippen molar-refractivity contribution in [1.82, 2.24) is 25.1 Å². The molecule has 3 aromatic carbocycles. The predicted octanol–water partition coefficient (Wildman–Crippen LogP) is 4.88. The summed E-state index contributed by atoms with van der Waals surface area (Å²) in [6.07, 6.45) is 2.25. The Morgan fingerprint density at radius 3 is 2.59 bits per heavy atom. The smallest absolute Gasteiger partial charge is 0.252 e. The molecule has 2 unspecified atom stereocenters. The maximum absolute atomic E-state index is 12.9. The minimum Gasteiger partial charge on any atom is -0.393 e. The van der Waals surface area contributed by atoms with Crippen molar-refractivity contribution >= 4 is 33.5 Å². The zero-order valence-electron chi connectivity index (χ0n) is 20.9. The number of aliphatic hydroxyl groups excluding tert-OH is 1. The molecule has 1 amide bonds. The minimum absolute atomic E-state index is 0.0657. The highest BCUT2D eigenvalue weighted by Gasteiger charge is 2.21. The van der Waals surface area contributed by atoms with E-state index in [9.17, 15) is 9.90 Å². The van der Waals surface area contributed by atoms with Crippen LogP contribution in [0.5, 0.6) is 0 Å². The number of benzene rings is 3. The van der Waals surface area contributed by atoms with Gasteiger partial charge in [-0.15, -0.1) is 0 Å². The number of amides is 1. The molecule has 2 aromatic heterocycles. The van der Waals surface area contributed by atoms with E-state index in [4.69, 9.17) is 10.8 Å². The van der Waals surface area contributed by atoms with E-state index < -0.39 is 6.10 Å². The fourth-order valence-corrected chi connectivity index (χ4v) is 4.65. The molecule has 188 valence electrons. The lowest BCUT2D eigenvalue weighted by Crippen LogP contribution is -2.22. The van der Waals surface area contributed by atoms with Crippen molar-refractivity contribution in [1.29, 1.82) is 0 Å². The van der Waals surface area contributed by atoms with E-state index in [1.165, 1.54) is 6.33 Å². The number of carbonyl (C=O) groups is 1. The van der Waals surface area contributed by atoms with Gasteiger partial charge < -0.3 is 16.2 Å². The summed E-state index contributed by atoms with van der Waals surface area (Å²) in [5, 5.41) is 20.7. The molecule has 5 aromatic rings. The normalized spacial score (nSPS) is 13.1. The summed E-state index contributed by atoms with van der Waals surface area (Å²) in [4.78, 5) is 21.5. The highest BCUT2D eigenvalue weighted by molar-refractivity contribution is 6.07. The maximum atomic E-state index is 12.9. The van der Waals surface area contributed by atoms with Crippen LogP contribution in [-0.4, -0.2) is 36.9 Å². The molecule has 0 aliphatic heterocycles. The molecule has 0 fully saturated rings. The van der Waals surface area contributed by atoms with E-state index in [0.29, 0.717) is 47.5 Å². The first-order chi connectivity index (χ1) is 18.0. The Morgan fingerprint density at radius 2 is 1.81 bits per heavy atom. The topological polar surface area (TPSA) is 119 Å². The van der Waals surface area contributed by atoms with Crippen LogP contribution in [0, 0.1) is 0 Å². The van der Waals surface area contributed by atoms with Crippen LogP contribution in [0.25, 0.3) is 33.1 Å². The number of anilines is 1. The van der Waals surface area contributed by atoms with Gasteiger partial charge in [0, 0.05) is 17.7 Å². The highest BCUT2D eigenvalue weighted by Crippen LogP contribution is 2.32. The second kappa shape index (κ2) is 10.4. The summed E-state index contributed by atoms with van der Waals surface area (Å²) >= 11 is 0. The van der Waals surface area contributed by atoms with E-state index in [2.05, 4.69) is 15.3 Å². The Balaban J connectivity index is 1.37. The predicted molar refractivity (Wildman–Crippen MR) is 146 cm³/mol. The van der Waals surface area contributed by atoms with Crippen molar-refractivity contribution < 1.29 is 9.90 Å². The number of nitrogen functional groups attached to an aromatic ring is 1. The first kappa shape index (κ1) is 24.4. The Labute approximate surface area is 215 Å². The van der Waals surface area contributed by atoms with Gasteiger partial charge >= 0.3 is 0 Å². The van der Waals surface area contributed by atoms with Crippen LogP contribution in [0.15, 0.2) is 73.1 Å². The lowest BCUT2D eigenvalue weighted by Gasteiger charge is -2.16. The number of hydrogen-bond donors (Lipinski definition) is 3. The molecule has 0 aliphatic carbocycles. The fraction of sp³-hybridized carbons (Fsp3) is 0.241. The SMILES string of the molecule is CCC(O)CC(C)n1nc(-c2ccc(CNC(=O)c3cccc4ccccc34)cc2)c2c(N)ncnc21. The monoisotopic (exact) mass is 494 g/mol. The largest absolute Gasteiger partial charge is 0.393 e. The molecule has 4 N–H and O–H groups in total. The third-order valence-corrected chi connectivity index (χ3v) is 6.73. The summed E-state index contributed by atoms with van der Waals surface area (Å²) in [6, 6.07) is 21.4. The molecule has 2 heterocycles. The third kappa shape index (κ3) is 4.88. The number of hydrogen-bond acceptors (Lipinski definition) is 6. The van der Waals surface area contributed by atoms with E-state index in [1.807, 2.05) is 85.3 Å². The van der Waals surface area contributed by atoms with Gasteiger partial charge in [-0.05, 0) is 42.2 Å². The molecule has 2 atom stereocenters. The molecule has 37 heavy (non-hydrogen) atoms. The van der Waals surface area contributed by atoms with Gasteiger partial charge in [0.05, 0.1) is 17.5 Å². The first-order valence-electron chi connectivity index (χ1n) is 12.5. The maximum Gasteiger partial charge on any atom is 0.252 e. The number of nitrogens with zero attached hydrogens (tertiary/aromatic N) is 4. The van der Waals surface area contributed by atoms with Crippen LogP contribution in [0.2, 0.25) is 0 Å². The second-order valence-corrected chi connectivity index (χ2v) is 9.30. The summed E-state index contributed by atoms with van der Waals surface area (Å²) in [7, 11) is 0. The van der Waals surface area contributed by atoms with E-state index >= 15 is 0 Å². The Bertz CT molecular complexity index is 1560. The molecule has 8 heteroatoms. The van der Waals surface area contributed by atoms with E-state index in [-0.39, 0.29) is 11.9 Å². The van der Waals surface area contributed by atoms with Crippen LogP contribution < -0.4 is 11.1 Å². The van der Waals surface area contributed by atoms with Gasteiger partial charge in [-0.2, -0.15) is 5.10 Å². The average molecular weight is 495 g/mol. The molecule has 0 saturated carbocycles. The molecule has 0 bridgehead atoms. The van der Waals surface area contributed by atoms with Crippen molar-refractivity contribution in [3.05, 3.63) is 84.2 Å². The summed E-state index contributed by atoms with van der Waals surface area (Å²) in [5.74, 6) is 0.250. The number of nitrogens with two attached hydrogens (primary N) is 1. The number of aliphatic hydroxyl groups is 1. The van der Waals surface area contributed by atoms with Gasteiger partial charge in [0.15, 0.2) is 5.65 Å². The summed E-state index contributed by atoms with van der Waals surface area (Å²) in [5.41, 5.74) is 10.1. The molecular weight excluding hydrogens is 464 g/mol. The zero-order valence-corrected chi connectivity index (χ0v) is 20.9. The van der Waals surface area contributed by atoms with Crippen LogP contribution in [0.3, 0.4) is 0 Å². The van der Waals surface area contributed by atoms with Gasteiger partial charge in [0.25, 0.3) is 5.91 Å². The first-order valence-corrected chi connectivity index (χ1v) is 12.5. The summed E-state index contributed by atoms with van der Waals surface area (Å²) < 4.78 is 1.82. The van der Waals surface area contributed by atoms with Gasteiger partial charge in [-0.3, -0.25) is 4.79 Å². The molecule has 0 radical (unpaired) electrons. The highest BCUT2D eigenvalue weighted by atomic mass is 16.3. The van der Waals surface area contributed by atoms with Gasteiger partial charge in [-0.25, -0.2) is 14.6 Å². The Kier molecular flexibility index (Phi) is 6.83. The number of aromatic nitrogens is 4. The van der Waals surface area contributed by atoms with Crippen LogP contribution in [-0.2, 0) is 6.54 Å². The lowest BCUT2D eigenvalue weighted by molar-refractivity contribution is 0.0952. The fourth-order valence-electron chi connectivity index (χ4n) is 4.65. The van der Waals surface area contributed by atoms with E-state index in [1.54, 1.807) is 0 Å². The van der Waals surface area contributed by atoms with Crippen LogP contribution >= 0.6 is 0 Å². The van der Waals surface area contributed by atoms with Crippen molar-refractivity contribution in [2.45, 2.75) is 45.4 Å². The van der Waals surface area contributed by atoms with Crippen LogP contribution in [0.1, 0.15) is 48.7 Å². The molecule has 0 spiro atoms. The molecule has 0 aliphatic rings. The van der Waals surface area contributed by atoms with E-state index in [0.717, 1.165) is 21.9 Å². The van der Waals surface area contributed by atoms with Crippen molar-refractivity contribution in [2.75, 3.05) is 5.73 Å². The Hall–Kier alpha value is -4.30. The lowest BCUT2D eigenvalue weighted by atomic mass is 10.0. The average Bonchev–Trinajstić information content (AvgIpc) is 3.33. The van der Waals surface area contributed by atoms with Gasteiger partial charge in [0.2, 0.25) is 0 Å². The standard InChI is InChI=1S/C29H30N6O2/c1-3-22(36)15-18(2)35-28-25(27(30)32-17-33-28)26(34-35)21-13-11-19(12-14-21)16-31-29(37)24-10-6-8-20-7-4-5-9-23(20)24/h4-14,17-18,22,36H,3,15-16H2,1-2H3,(H,31,37)(H2,30,32,33). The number of nitrogens with one attached hydrogen (secondary N) is 1. The van der Waals surface area contributed by atoms with Crippen molar-refractivity contribution in [3.8, 4) is 11.3 Å². The molecular formula is C29H30N6O2. The Morgan fingerprint density at radius 1 is 1.05 bits per heavy atom. The summed E-state index contributed by atoms with van der Waals surface area (Å²) in [6.45, 7) is 4.36. The van der Waals surface area contributed by atoms with Crippen LogP contribution in [0.4, 0.5) is 5.82 Å². The minimum atomic E-state index is -0.416. The van der Waals surface area contributed by atoms with Crippen molar-refractivity contribution in [2.24, 2.45) is 0 Å². The number of fused-ring (bicyclic) bond motifs is 2. The number of rotatable bonds is 8. The molecule has 8 nitrogen and oxygen atoms in total.